The van der Waals surface area contributed by atoms with E-state index in [-0.39, 0.29) is 11.9 Å². The van der Waals surface area contributed by atoms with E-state index in [4.69, 9.17) is 5.73 Å². The van der Waals surface area contributed by atoms with Crippen LogP contribution in [0.25, 0.3) is 10.4 Å². The molecule has 1 atom stereocenters. The van der Waals surface area contributed by atoms with Crippen molar-refractivity contribution in [2.45, 2.75) is 18.9 Å². The molecule has 1 aliphatic heterocycles. The van der Waals surface area contributed by atoms with Gasteiger partial charge in [-0.25, -0.2) is 4.79 Å². The molecule has 0 radical (unpaired) electrons. The number of aromatic nitrogens is 1. The van der Waals surface area contributed by atoms with Crippen molar-refractivity contribution in [1.82, 2.24) is 15.6 Å². The van der Waals surface area contributed by atoms with Crippen molar-refractivity contribution in [3.63, 3.8) is 0 Å². The van der Waals surface area contributed by atoms with Crippen LogP contribution in [0.15, 0.2) is 24.5 Å². The fourth-order valence-corrected chi connectivity index (χ4v) is 3.68. The van der Waals surface area contributed by atoms with E-state index in [2.05, 4.69) is 20.9 Å². The molecule has 0 aromatic carbocycles. The molecule has 1 aliphatic rings. The summed E-state index contributed by atoms with van der Waals surface area (Å²) in [5.74, 6) is -0.194. The first-order valence-corrected chi connectivity index (χ1v) is 8.30. The van der Waals surface area contributed by atoms with Crippen LogP contribution in [0.5, 0.6) is 0 Å². The minimum absolute atomic E-state index is 0.105. The molecule has 8 heteroatoms. The van der Waals surface area contributed by atoms with Crippen LogP contribution in [0.4, 0.5) is 9.80 Å². The first-order valence-electron chi connectivity index (χ1n) is 7.48. The van der Waals surface area contributed by atoms with Crippen LogP contribution in [0.1, 0.15) is 23.2 Å². The number of urea groups is 1. The summed E-state index contributed by atoms with van der Waals surface area (Å²) in [5, 5.41) is 9.28. The van der Waals surface area contributed by atoms with Crippen molar-refractivity contribution in [3.05, 3.63) is 30.1 Å². The van der Waals surface area contributed by atoms with Gasteiger partial charge in [0.1, 0.15) is 5.00 Å². The minimum Gasteiger partial charge on any atom is -0.367 e. The van der Waals surface area contributed by atoms with Crippen LogP contribution in [0.2, 0.25) is 0 Å². The number of anilines is 1. The molecule has 122 valence electrons. The largest absolute Gasteiger partial charge is 0.367 e. The summed E-state index contributed by atoms with van der Waals surface area (Å²) in [4.78, 5) is 27.6. The molecule has 3 amide bonds. The number of carbonyl (C=O) groups is 2. The Balaban J connectivity index is 1.83. The number of hydrogen-bond donors (Lipinski definition) is 5. The van der Waals surface area contributed by atoms with Crippen LogP contribution < -0.4 is 21.7 Å². The second-order valence-corrected chi connectivity index (χ2v) is 6.51. The third-order valence-corrected chi connectivity index (χ3v) is 4.83. The van der Waals surface area contributed by atoms with Crippen molar-refractivity contribution in [2.75, 3.05) is 18.4 Å². The molecule has 3 rings (SSSR count). The number of H-pyrrole nitrogens is 1. The maximum Gasteiger partial charge on any atom is 0.317 e. The van der Waals surface area contributed by atoms with Gasteiger partial charge < -0.3 is 21.4 Å². The van der Waals surface area contributed by atoms with Crippen molar-refractivity contribution in [1.29, 1.82) is 0 Å². The second-order valence-electron chi connectivity index (χ2n) is 5.46. The van der Waals surface area contributed by atoms with Gasteiger partial charge in [0, 0.05) is 35.4 Å². The lowest BCUT2D eigenvalue weighted by atomic mass is 10.1. The van der Waals surface area contributed by atoms with Gasteiger partial charge in [0.15, 0.2) is 0 Å². The van der Waals surface area contributed by atoms with Crippen molar-refractivity contribution in [2.24, 2.45) is 5.73 Å². The van der Waals surface area contributed by atoms with Crippen LogP contribution in [0.3, 0.4) is 0 Å². The normalized spacial score (nSPS) is 17.7. The summed E-state index contributed by atoms with van der Waals surface area (Å²) in [6.45, 7) is 1.75. The molecular formula is C15H19N5O2S. The molecule has 0 aliphatic carbocycles. The zero-order valence-electron chi connectivity index (χ0n) is 12.5. The molecule has 1 fully saturated rings. The van der Waals surface area contributed by atoms with E-state index in [0.29, 0.717) is 10.6 Å². The number of rotatable bonds is 4. The Morgan fingerprint density at radius 2 is 2.26 bits per heavy atom. The van der Waals surface area contributed by atoms with Gasteiger partial charge in [-0.15, -0.1) is 11.3 Å². The third kappa shape index (κ3) is 3.72. The summed E-state index contributed by atoms with van der Waals surface area (Å²) in [7, 11) is 0. The van der Waals surface area contributed by atoms with Crippen molar-refractivity contribution < 1.29 is 9.59 Å². The lowest BCUT2D eigenvalue weighted by molar-refractivity contribution is 0.0932. The quantitative estimate of drug-likeness (QED) is 0.587. The molecule has 3 heterocycles. The first kappa shape index (κ1) is 15.6. The monoisotopic (exact) mass is 333 g/mol. The van der Waals surface area contributed by atoms with Crippen LogP contribution in [0, 0.1) is 0 Å². The van der Waals surface area contributed by atoms with Gasteiger partial charge in [0.25, 0.3) is 5.91 Å². The number of nitrogens with one attached hydrogen (secondary N) is 4. The van der Waals surface area contributed by atoms with E-state index in [1.54, 1.807) is 6.07 Å². The summed E-state index contributed by atoms with van der Waals surface area (Å²) in [5.41, 5.74) is 6.61. The predicted octanol–water partition coefficient (Wildman–Crippen LogP) is 1.72. The Kier molecular flexibility index (Phi) is 4.63. The van der Waals surface area contributed by atoms with E-state index in [9.17, 15) is 9.59 Å². The van der Waals surface area contributed by atoms with Crippen LogP contribution >= 0.6 is 11.3 Å². The lowest BCUT2D eigenvalue weighted by Crippen LogP contribution is -2.45. The SMILES string of the molecule is NC(=O)Nc1sc(-c2cc[nH]c2)cc1C(=O)N[C@H]1CCCNC1. The van der Waals surface area contributed by atoms with E-state index in [1.807, 2.05) is 18.5 Å². The fraction of sp³-hybridized carbons (Fsp3) is 0.333. The molecule has 0 saturated carbocycles. The van der Waals surface area contributed by atoms with E-state index in [1.165, 1.54) is 11.3 Å². The van der Waals surface area contributed by atoms with Gasteiger partial charge in [-0.2, -0.15) is 0 Å². The Labute approximate surface area is 137 Å². The predicted molar refractivity (Wildman–Crippen MR) is 90.7 cm³/mol. The van der Waals surface area contributed by atoms with Crippen molar-refractivity contribution >= 4 is 28.3 Å². The Bertz CT molecular complexity index is 689. The standard InChI is InChI=1S/C15H19N5O2S/c16-15(22)20-14-11(6-12(23-14)9-3-5-18-7-9)13(21)19-10-2-1-4-17-8-10/h3,5-7,10,17-18H,1-2,4,8H2,(H,19,21)(H3,16,20,22)/t10-/m0/s1. The molecule has 0 unspecified atom stereocenters. The first-order chi connectivity index (χ1) is 11.1. The van der Waals surface area contributed by atoms with Crippen molar-refractivity contribution in [3.8, 4) is 10.4 Å². The number of aromatic amines is 1. The zero-order valence-corrected chi connectivity index (χ0v) is 13.3. The highest BCUT2D eigenvalue weighted by atomic mass is 32.1. The third-order valence-electron chi connectivity index (χ3n) is 3.73. The van der Waals surface area contributed by atoms with Gasteiger partial charge in [0.05, 0.1) is 5.56 Å². The fourth-order valence-electron chi connectivity index (χ4n) is 2.62. The van der Waals surface area contributed by atoms with Gasteiger partial charge >= 0.3 is 6.03 Å². The smallest absolute Gasteiger partial charge is 0.317 e. The lowest BCUT2D eigenvalue weighted by Gasteiger charge is -2.23. The number of thiophene rings is 1. The number of primary amides is 1. The molecule has 23 heavy (non-hydrogen) atoms. The highest BCUT2D eigenvalue weighted by molar-refractivity contribution is 7.20. The number of carbonyl (C=O) groups excluding carboxylic acids is 2. The van der Waals surface area contributed by atoms with Gasteiger partial charge in [-0.1, -0.05) is 0 Å². The molecule has 2 aromatic heterocycles. The summed E-state index contributed by atoms with van der Waals surface area (Å²) >= 11 is 1.33. The number of amides is 3. The molecule has 1 saturated heterocycles. The summed E-state index contributed by atoms with van der Waals surface area (Å²) < 4.78 is 0. The maximum atomic E-state index is 12.6. The second kappa shape index (κ2) is 6.84. The number of nitrogens with two attached hydrogens (primary N) is 1. The van der Waals surface area contributed by atoms with Crippen LogP contribution in [-0.2, 0) is 0 Å². The average Bonchev–Trinajstić information content (AvgIpc) is 3.16. The van der Waals surface area contributed by atoms with E-state index >= 15 is 0 Å². The molecule has 7 nitrogen and oxygen atoms in total. The van der Waals surface area contributed by atoms with E-state index < -0.39 is 6.03 Å². The summed E-state index contributed by atoms with van der Waals surface area (Å²) in [6, 6.07) is 3.12. The number of hydrogen-bond acceptors (Lipinski definition) is 4. The van der Waals surface area contributed by atoms with Gasteiger partial charge in [0.2, 0.25) is 0 Å². The van der Waals surface area contributed by atoms with Gasteiger partial charge in [-0.3, -0.25) is 10.1 Å². The molecule has 0 bridgehead atoms. The minimum atomic E-state index is -0.680. The molecular weight excluding hydrogens is 314 g/mol. The Morgan fingerprint density at radius 1 is 1.39 bits per heavy atom. The van der Waals surface area contributed by atoms with E-state index in [0.717, 1.165) is 36.4 Å². The van der Waals surface area contributed by atoms with Crippen LogP contribution in [-0.4, -0.2) is 36.1 Å². The molecule has 0 spiro atoms. The highest BCUT2D eigenvalue weighted by Gasteiger charge is 2.21. The Morgan fingerprint density at radius 3 is 2.91 bits per heavy atom. The van der Waals surface area contributed by atoms with Gasteiger partial charge in [-0.05, 0) is 31.5 Å². The molecule has 2 aromatic rings. The Hall–Kier alpha value is -2.32. The maximum absolute atomic E-state index is 12.6. The molecule has 6 N–H and O–H groups in total. The average molecular weight is 333 g/mol. The topological polar surface area (TPSA) is 112 Å². The highest BCUT2D eigenvalue weighted by Crippen LogP contribution is 2.35. The zero-order chi connectivity index (χ0) is 16.2. The summed E-state index contributed by atoms with van der Waals surface area (Å²) in [6.07, 6.45) is 5.64. The number of piperidine rings is 1.